The maximum atomic E-state index is 11.6. The lowest BCUT2D eigenvalue weighted by Crippen LogP contribution is -2.21. The van der Waals surface area contributed by atoms with Crippen LogP contribution in [0.15, 0.2) is 23.6 Å². The highest BCUT2D eigenvalue weighted by Crippen LogP contribution is 2.22. The zero-order valence-electron chi connectivity index (χ0n) is 10.8. The summed E-state index contributed by atoms with van der Waals surface area (Å²) >= 11 is 1.26. The Morgan fingerprint density at radius 1 is 1.55 bits per heavy atom. The molecule has 0 spiro atoms. The van der Waals surface area contributed by atoms with E-state index >= 15 is 0 Å². The molecule has 20 heavy (non-hydrogen) atoms. The maximum Gasteiger partial charge on any atom is 0.306 e. The molecular formula is C14H14N2O3S. The van der Waals surface area contributed by atoms with Gasteiger partial charge in [0, 0.05) is 0 Å². The number of anilines is 1. The van der Waals surface area contributed by atoms with Crippen molar-refractivity contribution in [3.8, 4) is 6.07 Å². The number of hydrogen-bond acceptors (Lipinski definition) is 5. The summed E-state index contributed by atoms with van der Waals surface area (Å²) in [7, 11) is 0. The Morgan fingerprint density at radius 2 is 2.40 bits per heavy atom. The quantitative estimate of drug-likeness (QED) is 0.667. The molecule has 0 saturated heterocycles. The van der Waals surface area contributed by atoms with Crippen molar-refractivity contribution in [2.75, 3.05) is 11.9 Å². The van der Waals surface area contributed by atoms with E-state index in [1.54, 1.807) is 11.4 Å². The van der Waals surface area contributed by atoms with E-state index in [0.717, 1.165) is 12.8 Å². The van der Waals surface area contributed by atoms with Crippen LogP contribution >= 0.6 is 11.3 Å². The molecule has 1 aliphatic carbocycles. The van der Waals surface area contributed by atoms with Crippen LogP contribution in [0.25, 0.3) is 0 Å². The van der Waals surface area contributed by atoms with Gasteiger partial charge in [-0.05, 0) is 30.2 Å². The first kappa shape index (κ1) is 14.3. The maximum absolute atomic E-state index is 11.6. The number of ether oxygens (including phenoxy) is 1. The van der Waals surface area contributed by atoms with E-state index in [0.29, 0.717) is 17.0 Å². The lowest BCUT2D eigenvalue weighted by molar-refractivity contribution is -0.147. The molecule has 1 aromatic heterocycles. The molecule has 1 aliphatic rings. The van der Waals surface area contributed by atoms with Crippen molar-refractivity contribution in [1.82, 2.24) is 0 Å². The number of carbonyl (C=O) groups is 2. The number of thiophene rings is 1. The third kappa shape index (κ3) is 3.93. The fourth-order valence-corrected chi connectivity index (χ4v) is 2.69. The number of nitrogens with zero attached hydrogens (tertiary/aromatic N) is 1. The summed E-state index contributed by atoms with van der Waals surface area (Å²) in [5, 5.41) is 13.6. The van der Waals surface area contributed by atoms with E-state index in [1.807, 2.05) is 18.2 Å². The molecule has 104 valence electrons. The Bertz CT molecular complexity index is 571. The van der Waals surface area contributed by atoms with E-state index in [2.05, 4.69) is 5.32 Å². The van der Waals surface area contributed by atoms with Crippen molar-refractivity contribution in [1.29, 1.82) is 5.26 Å². The lowest BCUT2D eigenvalue weighted by atomic mass is 10.1. The molecule has 0 radical (unpaired) electrons. The second-order valence-corrected chi connectivity index (χ2v) is 5.37. The van der Waals surface area contributed by atoms with Crippen LogP contribution in [0.5, 0.6) is 0 Å². The van der Waals surface area contributed by atoms with Gasteiger partial charge in [0.25, 0.3) is 5.91 Å². The summed E-state index contributed by atoms with van der Waals surface area (Å²) in [4.78, 5) is 23.2. The number of hydrogen-bond donors (Lipinski definition) is 1. The number of esters is 1. The SMILES string of the molecule is N#Cc1ccsc1NC(=O)COC(=O)C[C@H]1C=CCC1. The second-order valence-electron chi connectivity index (χ2n) is 4.45. The number of nitrogens with one attached hydrogen (secondary N) is 1. The zero-order valence-corrected chi connectivity index (χ0v) is 11.6. The van der Waals surface area contributed by atoms with Crippen LogP contribution in [-0.4, -0.2) is 18.5 Å². The monoisotopic (exact) mass is 290 g/mol. The fraction of sp³-hybridized carbons (Fsp3) is 0.357. The van der Waals surface area contributed by atoms with Crippen LogP contribution in [0, 0.1) is 17.2 Å². The second kappa shape index (κ2) is 6.87. The highest BCUT2D eigenvalue weighted by atomic mass is 32.1. The van der Waals surface area contributed by atoms with Crippen molar-refractivity contribution < 1.29 is 14.3 Å². The van der Waals surface area contributed by atoms with E-state index in [9.17, 15) is 9.59 Å². The molecule has 0 aliphatic heterocycles. The normalized spacial score (nSPS) is 16.6. The first-order chi connectivity index (χ1) is 9.69. The van der Waals surface area contributed by atoms with Gasteiger partial charge in [-0.25, -0.2) is 0 Å². The largest absolute Gasteiger partial charge is 0.456 e. The average molecular weight is 290 g/mol. The molecule has 1 heterocycles. The van der Waals surface area contributed by atoms with Gasteiger partial charge in [0.05, 0.1) is 12.0 Å². The van der Waals surface area contributed by atoms with Gasteiger partial charge >= 0.3 is 5.97 Å². The number of nitriles is 1. The Balaban J connectivity index is 1.73. The van der Waals surface area contributed by atoms with Gasteiger partial charge in [0.15, 0.2) is 6.61 Å². The lowest BCUT2D eigenvalue weighted by Gasteiger charge is -2.08. The molecule has 0 unspecified atom stereocenters. The van der Waals surface area contributed by atoms with Gasteiger partial charge in [-0.3, -0.25) is 9.59 Å². The minimum Gasteiger partial charge on any atom is -0.456 e. The molecule has 0 bridgehead atoms. The number of rotatable bonds is 5. The molecule has 1 N–H and O–H groups in total. The first-order valence-corrected chi connectivity index (χ1v) is 7.16. The Labute approximate surface area is 120 Å². The summed E-state index contributed by atoms with van der Waals surface area (Å²) in [6.45, 7) is -0.321. The Kier molecular flexibility index (Phi) is 4.91. The molecule has 6 heteroatoms. The van der Waals surface area contributed by atoms with Gasteiger partial charge in [0.1, 0.15) is 11.1 Å². The molecule has 1 amide bonds. The van der Waals surface area contributed by atoms with Crippen LogP contribution < -0.4 is 5.32 Å². The third-order valence-corrected chi connectivity index (χ3v) is 3.77. The van der Waals surface area contributed by atoms with Crippen LogP contribution in [0.2, 0.25) is 0 Å². The minimum atomic E-state index is -0.431. The molecule has 5 nitrogen and oxygen atoms in total. The van der Waals surface area contributed by atoms with Crippen molar-refractivity contribution in [3.05, 3.63) is 29.2 Å². The minimum absolute atomic E-state index is 0.230. The van der Waals surface area contributed by atoms with Gasteiger partial charge in [-0.1, -0.05) is 12.2 Å². The summed E-state index contributed by atoms with van der Waals surface area (Å²) in [5.74, 6) is -0.573. The Morgan fingerprint density at radius 3 is 3.10 bits per heavy atom. The third-order valence-electron chi connectivity index (χ3n) is 2.94. The summed E-state index contributed by atoms with van der Waals surface area (Å²) in [6.07, 6.45) is 6.32. The summed E-state index contributed by atoms with van der Waals surface area (Å²) < 4.78 is 4.92. The summed E-state index contributed by atoms with van der Waals surface area (Å²) in [5.41, 5.74) is 0.408. The highest BCUT2D eigenvalue weighted by molar-refractivity contribution is 7.14. The van der Waals surface area contributed by atoms with Crippen molar-refractivity contribution in [3.63, 3.8) is 0 Å². The highest BCUT2D eigenvalue weighted by Gasteiger charge is 2.16. The van der Waals surface area contributed by atoms with Crippen molar-refractivity contribution >= 4 is 28.2 Å². The van der Waals surface area contributed by atoms with Crippen LogP contribution in [0.4, 0.5) is 5.00 Å². The van der Waals surface area contributed by atoms with E-state index < -0.39 is 5.91 Å². The van der Waals surface area contributed by atoms with Crippen molar-refractivity contribution in [2.45, 2.75) is 19.3 Å². The molecule has 0 saturated carbocycles. The molecule has 0 fully saturated rings. The predicted octanol–water partition coefficient (Wildman–Crippen LogP) is 2.46. The van der Waals surface area contributed by atoms with Crippen LogP contribution in [0.3, 0.4) is 0 Å². The number of carbonyl (C=O) groups excluding carboxylic acids is 2. The standard InChI is InChI=1S/C14H14N2O3S/c15-8-11-5-6-20-14(11)16-12(17)9-19-13(18)7-10-3-1-2-4-10/h1,3,5-6,10H,2,4,7,9H2,(H,16,17)/t10-/m0/s1. The van der Waals surface area contributed by atoms with E-state index in [-0.39, 0.29) is 18.5 Å². The smallest absolute Gasteiger partial charge is 0.306 e. The van der Waals surface area contributed by atoms with Gasteiger partial charge in [-0.2, -0.15) is 5.26 Å². The van der Waals surface area contributed by atoms with Crippen LogP contribution in [-0.2, 0) is 14.3 Å². The fourth-order valence-electron chi connectivity index (χ4n) is 1.94. The number of amides is 1. The van der Waals surface area contributed by atoms with Gasteiger partial charge in [-0.15, -0.1) is 11.3 Å². The molecule has 1 aromatic rings. The first-order valence-electron chi connectivity index (χ1n) is 6.29. The average Bonchev–Trinajstić information content (AvgIpc) is 3.07. The van der Waals surface area contributed by atoms with Gasteiger partial charge in [0.2, 0.25) is 0 Å². The van der Waals surface area contributed by atoms with Gasteiger partial charge < -0.3 is 10.1 Å². The molecule has 1 atom stereocenters. The van der Waals surface area contributed by atoms with E-state index in [4.69, 9.17) is 10.00 Å². The molecule has 2 rings (SSSR count). The van der Waals surface area contributed by atoms with Crippen LogP contribution in [0.1, 0.15) is 24.8 Å². The molecule has 0 aromatic carbocycles. The predicted molar refractivity (Wildman–Crippen MR) is 75.1 cm³/mol. The summed E-state index contributed by atoms with van der Waals surface area (Å²) in [6, 6.07) is 3.60. The van der Waals surface area contributed by atoms with Crippen molar-refractivity contribution in [2.24, 2.45) is 5.92 Å². The molecular weight excluding hydrogens is 276 g/mol. The number of allylic oxidation sites excluding steroid dienone is 2. The Hall–Kier alpha value is -2.13. The topological polar surface area (TPSA) is 79.2 Å². The van der Waals surface area contributed by atoms with E-state index in [1.165, 1.54) is 11.3 Å². The zero-order chi connectivity index (χ0) is 14.4.